The van der Waals surface area contributed by atoms with Crippen LogP contribution in [0.5, 0.6) is 11.5 Å². The molecule has 1 heterocycles. The molecule has 1 N–H and O–H groups in total. The molecule has 2 rings (SSSR count). The van der Waals surface area contributed by atoms with E-state index in [9.17, 15) is 5.11 Å². The fourth-order valence-electron chi connectivity index (χ4n) is 2.08. The summed E-state index contributed by atoms with van der Waals surface area (Å²) in [6.45, 7) is 6.14. The van der Waals surface area contributed by atoms with E-state index in [1.54, 1.807) is 32.4 Å². The van der Waals surface area contributed by atoms with E-state index in [1.807, 2.05) is 20.8 Å². The van der Waals surface area contributed by atoms with Gasteiger partial charge in [-0.1, -0.05) is 25.3 Å². The Balaban J connectivity index is 2.46. The van der Waals surface area contributed by atoms with Crippen LogP contribution in [-0.2, 0) is 5.41 Å². The first kappa shape index (κ1) is 15.7. The monoisotopic (exact) mass is 308 g/mol. The molecule has 0 saturated carbocycles. The Hall–Kier alpha value is -1.66. The Morgan fingerprint density at radius 3 is 2.48 bits per heavy atom. The van der Waals surface area contributed by atoms with Crippen molar-refractivity contribution >= 4 is 11.5 Å². The summed E-state index contributed by atoms with van der Waals surface area (Å²) in [6.07, 6.45) is -0.819. The molecule has 0 saturated heterocycles. The Bertz CT molecular complexity index is 620. The van der Waals surface area contributed by atoms with E-state index in [2.05, 4.69) is 9.59 Å². The lowest BCUT2D eigenvalue weighted by molar-refractivity contribution is 0.215. The average Bonchev–Trinajstić information content (AvgIpc) is 2.95. The van der Waals surface area contributed by atoms with Crippen LogP contribution in [0.25, 0.3) is 0 Å². The maximum Gasteiger partial charge on any atom is 0.128 e. The largest absolute Gasteiger partial charge is 0.497 e. The lowest BCUT2D eigenvalue weighted by atomic mass is 9.89. The summed E-state index contributed by atoms with van der Waals surface area (Å²) in [5, 5.41) is 14.9. The van der Waals surface area contributed by atoms with Crippen molar-refractivity contribution in [2.45, 2.75) is 32.3 Å². The van der Waals surface area contributed by atoms with Crippen molar-refractivity contribution in [3.63, 3.8) is 0 Å². The molecular weight excluding hydrogens is 288 g/mol. The van der Waals surface area contributed by atoms with E-state index in [4.69, 9.17) is 9.47 Å². The minimum absolute atomic E-state index is 0.178. The molecule has 0 aliphatic rings. The van der Waals surface area contributed by atoms with Crippen LogP contribution >= 0.6 is 11.5 Å². The quantitative estimate of drug-likeness (QED) is 0.941. The number of aromatic nitrogens is 2. The van der Waals surface area contributed by atoms with Crippen molar-refractivity contribution in [1.29, 1.82) is 0 Å². The first-order valence-corrected chi connectivity index (χ1v) is 7.38. The van der Waals surface area contributed by atoms with Crippen LogP contribution in [0.15, 0.2) is 18.2 Å². The minimum Gasteiger partial charge on any atom is -0.497 e. The number of aliphatic hydroxyl groups excluding tert-OH is 1. The van der Waals surface area contributed by atoms with E-state index < -0.39 is 6.10 Å². The second-order valence-corrected chi connectivity index (χ2v) is 6.53. The topological polar surface area (TPSA) is 64.5 Å². The van der Waals surface area contributed by atoms with Gasteiger partial charge in [0.25, 0.3) is 0 Å². The summed E-state index contributed by atoms with van der Waals surface area (Å²) in [6, 6.07) is 5.35. The average molecular weight is 308 g/mol. The molecule has 6 heteroatoms. The van der Waals surface area contributed by atoms with Crippen molar-refractivity contribution in [2.75, 3.05) is 14.2 Å². The van der Waals surface area contributed by atoms with Crippen molar-refractivity contribution in [2.24, 2.45) is 0 Å². The van der Waals surface area contributed by atoms with Gasteiger partial charge in [0, 0.05) is 17.0 Å². The summed E-state index contributed by atoms with van der Waals surface area (Å²) in [5.41, 5.74) is 1.30. The van der Waals surface area contributed by atoms with Gasteiger partial charge in [-0.25, -0.2) is 0 Å². The van der Waals surface area contributed by atoms with Gasteiger partial charge in [-0.15, -0.1) is 5.10 Å². The molecule has 0 amide bonds. The Labute approximate surface area is 128 Å². The van der Waals surface area contributed by atoms with E-state index in [1.165, 1.54) is 11.5 Å². The third-order valence-electron chi connectivity index (χ3n) is 3.21. The fraction of sp³-hybridized carbons (Fsp3) is 0.467. The molecule has 1 unspecified atom stereocenters. The third-order valence-corrected chi connectivity index (χ3v) is 3.98. The second kappa shape index (κ2) is 5.99. The van der Waals surface area contributed by atoms with Gasteiger partial charge in [0.1, 0.15) is 17.6 Å². The molecule has 0 spiro atoms. The van der Waals surface area contributed by atoms with Gasteiger partial charge in [0.05, 0.1) is 24.8 Å². The summed E-state index contributed by atoms with van der Waals surface area (Å²) >= 11 is 1.21. The van der Waals surface area contributed by atoms with Crippen molar-refractivity contribution < 1.29 is 14.6 Å². The molecule has 21 heavy (non-hydrogen) atoms. The molecule has 114 valence electrons. The Morgan fingerprint density at radius 2 is 1.90 bits per heavy atom. The predicted octanol–water partition coefficient (Wildman–Crippen LogP) is 2.93. The second-order valence-electron chi connectivity index (χ2n) is 5.75. The van der Waals surface area contributed by atoms with E-state index >= 15 is 0 Å². The summed E-state index contributed by atoms with van der Waals surface area (Å²) in [4.78, 5) is 0.742. The highest BCUT2D eigenvalue weighted by molar-refractivity contribution is 7.05. The lowest BCUT2D eigenvalue weighted by Crippen LogP contribution is -2.16. The van der Waals surface area contributed by atoms with Crippen LogP contribution in [0.1, 0.15) is 43.0 Å². The maximum absolute atomic E-state index is 10.7. The molecular formula is C15H20N2O3S. The van der Waals surface area contributed by atoms with Gasteiger partial charge in [-0.05, 0) is 23.7 Å². The molecule has 5 nitrogen and oxygen atoms in total. The SMILES string of the molecule is COc1ccc(C(O)c2snnc2C(C)(C)C)c(OC)c1. The summed E-state index contributed by atoms with van der Waals surface area (Å²) in [7, 11) is 3.16. The third kappa shape index (κ3) is 3.16. The van der Waals surface area contributed by atoms with E-state index in [0.717, 1.165) is 10.6 Å². The van der Waals surface area contributed by atoms with Gasteiger partial charge in [0.15, 0.2) is 0 Å². The van der Waals surface area contributed by atoms with E-state index in [0.29, 0.717) is 17.1 Å². The molecule has 0 aliphatic carbocycles. The van der Waals surface area contributed by atoms with Crippen molar-refractivity contribution in [1.82, 2.24) is 9.59 Å². The van der Waals surface area contributed by atoms with E-state index in [-0.39, 0.29) is 5.41 Å². The van der Waals surface area contributed by atoms with Gasteiger partial charge >= 0.3 is 0 Å². The number of aliphatic hydroxyl groups is 1. The molecule has 0 aliphatic heterocycles. The maximum atomic E-state index is 10.7. The normalized spacial score (nSPS) is 13.0. The van der Waals surface area contributed by atoms with Crippen LogP contribution in [0.4, 0.5) is 0 Å². The molecule has 2 aromatic rings. The highest BCUT2D eigenvalue weighted by Gasteiger charge is 2.28. The Morgan fingerprint density at radius 1 is 1.19 bits per heavy atom. The summed E-state index contributed by atoms with van der Waals surface area (Å²) in [5.74, 6) is 1.26. The van der Waals surface area contributed by atoms with Crippen LogP contribution in [-0.4, -0.2) is 28.9 Å². The smallest absolute Gasteiger partial charge is 0.128 e. The van der Waals surface area contributed by atoms with Gasteiger partial charge in [0.2, 0.25) is 0 Å². The van der Waals surface area contributed by atoms with Crippen LogP contribution in [0, 0.1) is 0 Å². The highest BCUT2D eigenvalue weighted by Crippen LogP contribution is 2.38. The summed E-state index contributed by atoms with van der Waals surface area (Å²) < 4.78 is 14.5. The highest BCUT2D eigenvalue weighted by atomic mass is 32.1. The zero-order valence-corrected chi connectivity index (χ0v) is 13.7. The minimum atomic E-state index is -0.819. The van der Waals surface area contributed by atoms with Crippen LogP contribution < -0.4 is 9.47 Å². The number of ether oxygens (including phenoxy) is 2. The molecule has 1 atom stereocenters. The number of methoxy groups -OCH3 is 2. The van der Waals surface area contributed by atoms with Crippen LogP contribution in [0.2, 0.25) is 0 Å². The molecule has 0 radical (unpaired) electrons. The van der Waals surface area contributed by atoms with Crippen molar-refractivity contribution in [3.8, 4) is 11.5 Å². The Kier molecular flexibility index (Phi) is 4.49. The number of hydrogen-bond acceptors (Lipinski definition) is 6. The molecule has 1 aromatic carbocycles. The van der Waals surface area contributed by atoms with Gasteiger partial charge in [-0.3, -0.25) is 0 Å². The first-order chi connectivity index (χ1) is 9.88. The molecule has 1 aromatic heterocycles. The number of hydrogen-bond donors (Lipinski definition) is 1. The first-order valence-electron chi connectivity index (χ1n) is 6.61. The zero-order valence-electron chi connectivity index (χ0n) is 12.9. The standard InChI is InChI=1S/C15H20N2O3S/c1-15(2,3)14-13(21-17-16-14)12(18)10-7-6-9(19-4)8-11(10)20-5/h6-8,12,18H,1-5H3. The molecule has 0 bridgehead atoms. The van der Waals surface area contributed by atoms with Crippen molar-refractivity contribution in [3.05, 3.63) is 34.3 Å². The molecule has 0 fully saturated rings. The number of nitrogens with zero attached hydrogens (tertiary/aromatic N) is 2. The lowest BCUT2D eigenvalue weighted by Gasteiger charge is -2.20. The van der Waals surface area contributed by atoms with Gasteiger partial charge in [-0.2, -0.15) is 0 Å². The van der Waals surface area contributed by atoms with Gasteiger partial charge < -0.3 is 14.6 Å². The fourth-order valence-corrected chi connectivity index (χ4v) is 2.95. The number of benzene rings is 1. The zero-order chi connectivity index (χ0) is 15.6. The van der Waals surface area contributed by atoms with Crippen LogP contribution in [0.3, 0.4) is 0 Å². The predicted molar refractivity (Wildman–Crippen MR) is 82.2 cm³/mol. The number of rotatable bonds is 4.